The molecular weight excluding hydrogens is 306 g/mol. The molecule has 0 amide bonds. The molecule has 0 saturated carbocycles. The quantitative estimate of drug-likeness (QED) is 0.852. The fraction of sp³-hybridized carbons (Fsp3) is 0.375. The fourth-order valence-corrected chi connectivity index (χ4v) is 3.62. The number of hydrogen-bond acceptors (Lipinski definition) is 4. The third kappa shape index (κ3) is 3.34. The first kappa shape index (κ1) is 16.1. The fourth-order valence-electron chi connectivity index (χ4n) is 2.37. The monoisotopic (exact) mass is 325 g/mol. The van der Waals surface area contributed by atoms with E-state index < -0.39 is 0 Å². The lowest BCUT2D eigenvalue weighted by Gasteiger charge is -2.21. The number of aryl methyl sites for hydroxylation is 1. The van der Waals surface area contributed by atoms with Crippen molar-refractivity contribution in [1.82, 2.24) is 5.32 Å². The van der Waals surface area contributed by atoms with Gasteiger partial charge in [0.15, 0.2) is 11.5 Å². The third-order valence-corrected chi connectivity index (χ3v) is 4.82. The average molecular weight is 326 g/mol. The highest BCUT2D eigenvalue weighted by Crippen LogP contribution is 2.38. The predicted molar refractivity (Wildman–Crippen MR) is 89.1 cm³/mol. The van der Waals surface area contributed by atoms with Gasteiger partial charge in [0.25, 0.3) is 0 Å². The molecule has 0 aliphatic carbocycles. The van der Waals surface area contributed by atoms with Crippen molar-refractivity contribution in [3.8, 4) is 11.5 Å². The zero-order chi connectivity index (χ0) is 15.4. The number of benzene rings is 1. The maximum Gasteiger partial charge on any atom is 0.161 e. The summed E-state index contributed by atoms with van der Waals surface area (Å²) in [6, 6.07) is 6.02. The van der Waals surface area contributed by atoms with Crippen molar-refractivity contribution in [2.75, 3.05) is 20.8 Å². The predicted octanol–water partition coefficient (Wildman–Crippen LogP) is 4.43. The molecule has 0 radical (unpaired) electrons. The molecule has 1 N–H and O–H groups in total. The van der Waals surface area contributed by atoms with Crippen molar-refractivity contribution in [1.29, 1.82) is 0 Å². The standard InChI is InChI=1S/C16H20ClNO2S/c1-5-18-15(16-12(17)6-7-21-16)11-9-14(20-4)13(19-3)8-10(11)2/h6-9,15,18H,5H2,1-4H3. The van der Waals surface area contributed by atoms with Crippen LogP contribution in [0.3, 0.4) is 0 Å². The van der Waals surface area contributed by atoms with Gasteiger partial charge in [0, 0.05) is 4.88 Å². The van der Waals surface area contributed by atoms with Gasteiger partial charge in [0.1, 0.15) is 0 Å². The van der Waals surface area contributed by atoms with E-state index in [9.17, 15) is 0 Å². The second kappa shape index (κ2) is 7.16. The van der Waals surface area contributed by atoms with Gasteiger partial charge in [0.2, 0.25) is 0 Å². The summed E-state index contributed by atoms with van der Waals surface area (Å²) < 4.78 is 10.8. The summed E-state index contributed by atoms with van der Waals surface area (Å²) in [5.74, 6) is 1.47. The number of hydrogen-bond donors (Lipinski definition) is 1. The number of thiophene rings is 1. The van der Waals surface area contributed by atoms with Gasteiger partial charge in [-0.3, -0.25) is 0 Å². The third-order valence-electron chi connectivity index (χ3n) is 3.40. The second-order valence-electron chi connectivity index (χ2n) is 4.69. The molecule has 0 spiro atoms. The maximum absolute atomic E-state index is 6.32. The summed E-state index contributed by atoms with van der Waals surface area (Å²) in [5.41, 5.74) is 2.29. The lowest BCUT2D eigenvalue weighted by Crippen LogP contribution is -2.22. The average Bonchev–Trinajstić information content (AvgIpc) is 2.90. The van der Waals surface area contributed by atoms with Crippen molar-refractivity contribution in [3.05, 3.63) is 44.6 Å². The number of ether oxygens (including phenoxy) is 2. The summed E-state index contributed by atoms with van der Waals surface area (Å²) in [7, 11) is 3.30. The molecule has 1 aromatic heterocycles. The van der Waals surface area contributed by atoms with Crippen molar-refractivity contribution in [2.24, 2.45) is 0 Å². The van der Waals surface area contributed by atoms with E-state index in [1.807, 2.05) is 23.6 Å². The van der Waals surface area contributed by atoms with Crippen molar-refractivity contribution < 1.29 is 9.47 Å². The van der Waals surface area contributed by atoms with Gasteiger partial charge in [-0.1, -0.05) is 18.5 Å². The Bertz CT molecular complexity index is 612. The SMILES string of the molecule is CCNC(c1cc(OC)c(OC)cc1C)c1sccc1Cl. The van der Waals surface area contributed by atoms with Gasteiger partial charge in [-0.2, -0.15) is 0 Å². The number of rotatable bonds is 6. The molecule has 21 heavy (non-hydrogen) atoms. The van der Waals surface area contributed by atoms with E-state index in [2.05, 4.69) is 19.2 Å². The van der Waals surface area contributed by atoms with Crippen molar-refractivity contribution in [3.63, 3.8) is 0 Å². The van der Waals surface area contributed by atoms with Crippen LogP contribution < -0.4 is 14.8 Å². The van der Waals surface area contributed by atoms with E-state index in [-0.39, 0.29) is 6.04 Å². The van der Waals surface area contributed by atoms with E-state index in [4.69, 9.17) is 21.1 Å². The van der Waals surface area contributed by atoms with Crippen LogP contribution in [0.2, 0.25) is 5.02 Å². The summed E-state index contributed by atoms with van der Waals surface area (Å²) in [6.07, 6.45) is 0. The van der Waals surface area contributed by atoms with Gasteiger partial charge >= 0.3 is 0 Å². The lowest BCUT2D eigenvalue weighted by atomic mass is 9.99. The Kier molecular flexibility index (Phi) is 5.51. The topological polar surface area (TPSA) is 30.5 Å². The highest BCUT2D eigenvalue weighted by Gasteiger charge is 2.21. The van der Waals surface area contributed by atoms with Gasteiger partial charge in [-0.05, 0) is 48.2 Å². The minimum atomic E-state index is 0.0577. The van der Waals surface area contributed by atoms with Crippen molar-refractivity contribution >= 4 is 22.9 Å². The molecule has 0 saturated heterocycles. The van der Waals surface area contributed by atoms with Gasteiger partial charge < -0.3 is 14.8 Å². The van der Waals surface area contributed by atoms with Crippen LogP contribution in [0, 0.1) is 6.92 Å². The van der Waals surface area contributed by atoms with Crippen LogP contribution in [-0.2, 0) is 0 Å². The normalized spacial score (nSPS) is 12.2. The Morgan fingerprint density at radius 2 is 1.90 bits per heavy atom. The molecule has 3 nitrogen and oxygen atoms in total. The van der Waals surface area contributed by atoms with Crippen molar-refractivity contribution in [2.45, 2.75) is 19.9 Å². The molecule has 2 rings (SSSR count). The second-order valence-corrected chi connectivity index (χ2v) is 6.04. The molecule has 0 fully saturated rings. The molecule has 5 heteroatoms. The van der Waals surface area contributed by atoms with Crippen LogP contribution >= 0.6 is 22.9 Å². The first-order chi connectivity index (χ1) is 10.1. The minimum absolute atomic E-state index is 0.0577. The Labute approximate surface area is 134 Å². The largest absolute Gasteiger partial charge is 0.493 e. The van der Waals surface area contributed by atoms with E-state index in [0.29, 0.717) is 0 Å². The van der Waals surface area contributed by atoms with Crippen LogP contribution in [0.15, 0.2) is 23.6 Å². The molecule has 1 unspecified atom stereocenters. The summed E-state index contributed by atoms with van der Waals surface area (Å²) in [6.45, 7) is 5.01. The van der Waals surface area contributed by atoms with Gasteiger partial charge in [-0.15, -0.1) is 11.3 Å². The maximum atomic E-state index is 6.32. The molecule has 1 aromatic carbocycles. The van der Waals surface area contributed by atoms with E-state index in [1.165, 1.54) is 0 Å². The van der Waals surface area contributed by atoms with E-state index in [1.54, 1.807) is 25.6 Å². The van der Waals surface area contributed by atoms with Crippen LogP contribution in [0.4, 0.5) is 0 Å². The highest BCUT2D eigenvalue weighted by atomic mass is 35.5. The molecular formula is C16H20ClNO2S. The van der Waals surface area contributed by atoms with Crippen LogP contribution in [0.1, 0.15) is 29.0 Å². The Morgan fingerprint density at radius 3 is 2.43 bits per heavy atom. The molecule has 114 valence electrons. The number of methoxy groups -OCH3 is 2. The number of nitrogens with one attached hydrogen (secondary N) is 1. The molecule has 2 aromatic rings. The highest BCUT2D eigenvalue weighted by molar-refractivity contribution is 7.10. The lowest BCUT2D eigenvalue weighted by molar-refractivity contribution is 0.354. The Balaban J connectivity index is 2.53. The molecule has 1 heterocycles. The van der Waals surface area contributed by atoms with Gasteiger partial charge in [-0.25, -0.2) is 0 Å². The van der Waals surface area contributed by atoms with Crippen LogP contribution in [0.5, 0.6) is 11.5 Å². The zero-order valence-corrected chi connectivity index (χ0v) is 14.3. The van der Waals surface area contributed by atoms with Gasteiger partial charge in [0.05, 0.1) is 25.3 Å². The van der Waals surface area contributed by atoms with Crippen LogP contribution in [0.25, 0.3) is 0 Å². The summed E-state index contributed by atoms with van der Waals surface area (Å²) in [4.78, 5) is 1.12. The molecule has 0 bridgehead atoms. The molecule has 0 aliphatic rings. The Morgan fingerprint density at radius 1 is 1.24 bits per heavy atom. The summed E-state index contributed by atoms with van der Waals surface area (Å²) in [5, 5.41) is 6.31. The smallest absolute Gasteiger partial charge is 0.161 e. The molecule has 1 atom stereocenters. The summed E-state index contributed by atoms with van der Waals surface area (Å²) >= 11 is 7.98. The first-order valence-corrected chi connectivity index (χ1v) is 8.06. The van der Waals surface area contributed by atoms with E-state index >= 15 is 0 Å². The zero-order valence-electron chi connectivity index (χ0n) is 12.7. The minimum Gasteiger partial charge on any atom is -0.493 e. The number of halogens is 1. The Hall–Kier alpha value is -1.23. The van der Waals surface area contributed by atoms with E-state index in [0.717, 1.165) is 39.1 Å². The first-order valence-electron chi connectivity index (χ1n) is 6.81. The van der Waals surface area contributed by atoms with Crippen LogP contribution in [-0.4, -0.2) is 20.8 Å². The molecule has 0 aliphatic heterocycles.